The molecule has 0 aliphatic rings. The molecule has 2 heterocycles. The molecule has 0 saturated carbocycles. The molecule has 6 nitrogen and oxygen atoms in total. The number of benzene rings is 2. The number of nitrogens with zero attached hydrogens (tertiary/aromatic N) is 4. The Morgan fingerprint density at radius 2 is 2.00 bits per heavy atom. The van der Waals surface area contributed by atoms with Gasteiger partial charge >= 0.3 is 0 Å². The fraction of sp³-hybridized carbons (Fsp3) is 0. The quantitative estimate of drug-likeness (QED) is 0.603. The Bertz CT molecular complexity index is 1060. The number of nitrogens with one attached hydrogen (secondary N) is 2. The fourth-order valence-electron chi connectivity index (χ4n) is 2.47. The van der Waals surface area contributed by atoms with Gasteiger partial charge in [0.2, 0.25) is 5.95 Å². The number of aromatic nitrogens is 4. The van der Waals surface area contributed by atoms with E-state index in [2.05, 4.69) is 31.3 Å². The first kappa shape index (κ1) is 13.9. The fourth-order valence-corrected chi connectivity index (χ4v) is 2.47. The summed E-state index contributed by atoms with van der Waals surface area (Å²) in [4.78, 5) is 16.1. The maximum Gasteiger partial charge on any atom is 0.227 e. The van der Waals surface area contributed by atoms with Gasteiger partial charge in [-0.05, 0) is 36.4 Å². The van der Waals surface area contributed by atoms with Crippen molar-refractivity contribution in [2.24, 2.45) is 0 Å². The summed E-state index contributed by atoms with van der Waals surface area (Å²) in [7, 11) is 0. The van der Waals surface area contributed by atoms with Gasteiger partial charge in [0.05, 0.1) is 34.7 Å². The molecule has 0 bridgehead atoms. The molecule has 0 fully saturated rings. The molecule has 4 aromatic rings. The molecule has 2 aromatic heterocycles. The van der Waals surface area contributed by atoms with Crippen molar-refractivity contribution in [2.45, 2.75) is 0 Å². The van der Waals surface area contributed by atoms with Crippen LogP contribution in [0.15, 0.2) is 61.1 Å². The predicted molar refractivity (Wildman–Crippen MR) is 91.6 cm³/mol. The number of nitriles is 1. The molecule has 0 spiro atoms. The molecule has 0 radical (unpaired) electrons. The number of aromatic amines is 1. The first-order valence-corrected chi connectivity index (χ1v) is 7.35. The van der Waals surface area contributed by atoms with Crippen LogP contribution in [-0.4, -0.2) is 19.9 Å². The first-order valence-electron chi connectivity index (χ1n) is 7.35. The van der Waals surface area contributed by atoms with Crippen molar-refractivity contribution in [1.29, 1.82) is 5.26 Å². The van der Waals surface area contributed by atoms with Gasteiger partial charge in [0, 0.05) is 17.4 Å². The van der Waals surface area contributed by atoms with Crippen molar-refractivity contribution in [1.82, 2.24) is 19.9 Å². The van der Waals surface area contributed by atoms with Gasteiger partial charge in [0.15, 0.2) is 0 Å². The molecule has 0 aliphatic heterocycles. The third-order valence-corrected chi connectivity index (χ3v) is 3.62. The van der Waals surface area contributed by atoms with Crippen LogP contribution in [0.5, 0.6) is 0 Å². The normalized spacial score (nSPS) is 10.5. The Balaban J connectivity index is 1.66. The predicted octanol–water partition coefficient (Wildman–Crippen LogP) is 3.64. The van der Waals surface area contributed by atoms with Gasteiger partial charge in [-0.2, -0.15) is 5.26 Å². The molecule has 4 rings (SSSR count). The van der Waals surface area contributed by atoms with Crippen molar-refractivity contribution in [3.05, 3.63) is 66.6 Å². The van der Waals surface area contributed by atoms with E-state index in [1.807, 2.05) is 36.4 Å². The topological polar surface area (TPSA) is 90.3 Å². The van der Waals surface area contributed by atoms with Gasteiger partial charge in [-0.15, -0.1) is 0 Å². The summed E-state index contributed by atoms with van der Waals surface area (Å²) in [6.07, 6.45) is 3.37. The lowest BCUT2D eigenvalue weighted by Crippen LogP contribution is -1.98. The maximum absolute atomic E-state index is 8.97. The van der Waals surface area contributed by atoms with Crippen LogP contribution in [0.25, 0.3) is 22.3 Å². The molecule has 6 heteroatoms. The smallest absolute Gasteiger partial charge is 0.227 e. The molecule has 114 valence electrons. The molecule has 0 amide bonds. The molecular formula is C18H12N6. The van der Waals surface area contributed by atoms with Crippen molar-refractivity contribution in [3.63, 3.8) is 0 Å². The Morgan fingerprint density at radius 3 is 2.92 bits per heavy atom. The van der Waals surface area contributed by atoms with E-state index in [9.17, 15) is 0 Å². The van der Waals surface area contributed by atoms with Crippen LogP contribution in [0.1, 0.15) is 5.56 Å². The maximum atomic E-state index is 8.97. The lowest BCUT2D eigenvalue weighted by atomic mass is 10.1. The second-order valence-electron chi connectivity index (χ2n) is 5.22. The van der Waals surface area contributed by atoms with Gasteiger partial charge in [-0.3, -0.25) is 0 Å². The van der Waals surface area contributed by atoms with Crippen LogP contribution in [0.4, 0.5) is 11.6 Å². The first-order chi connectivity index (χ1) is 11.8. The summed E-state index contributed by atoms with van der Waals surface area (Å²) >= 11 is 0. The van der Waals surface area contributed by atoms with Gasteiger partial charge in [0.1, 0.15) is 0 Å². The summed E-state index contributed by atoms with van der Waals surface area (Å²) in [6, 6.07) is 17.1. The van der Waals surface area contributed by atoms with E-state index in [1.165, 1.54) is 0 Å². The average molecular weight is 312 g/mol. The summed E-state index contributed by atoms with van der Waals surface area (Å²) < 4.78 is 0. The van der Waals surface area contributed by atoms with Gasteiger partial charge in [-0.25, -0.2) is 15.0 Å². The monoisotopic (exact) mass is 312 g/mol. The highest BCUT2D eigenvalue weighted by molar-refractivity contribution is 5.80. The van der Waals surface area contributed by atoms with E-state index >= 15 is 0 Å². The lowest BCUT2D eigenvalue weighted by molar-refractivity contribution is 1.17. The highest BCUT2D eigenvalue weighted by Gasteiger charge is 2.05. The third-order valence-electron chi connectivity index (χ3n) is 3.62. The number of hydrogen-bond acceptors (Lipinski definition) is 5. The zero-order valence-electron chi connectivity index (χ0n) is 12.6. The number of rotatable bonds is 3. The average Bonchev–Trinajstić information content (AvgIpc) is 3.10. The number of H-pyrrole nitrogens is 1. The minimum Gasteiger partial charge on any atom is -0.345 e. The van der Waals surface area contributed by atoms with Crippen molar-refractivity contribution in [2.75, 3.05) is 5.32 Å². The van der Waals surface area contributed by atoms with Crippen molar-refractivity contribution in [3.8, 4) is 17.3 Å². The van der Waals surface area contributed by atoms with Gasteiger partial charge < -0.3 is 10.3 Å². The van der Waals surface area contributed by atoms with E-state index < -0.39 is 0 Å². The standard InChI is InChI=1S/C18H12N6/c19-10-12-2-1-3-14(8-12)23-18-20-7-6-15(24-18)13-4-5-16-17(9-13)22-11-21-16/h1-9,11H,(H,21,22)(H,20,23,24). The molecule has 0 unspecified atom stereocenters. The van der Waals surface area contributed by atoms with E-state index in [1.54, 1.807) is 24.7 Å². The summed E-state index contributed by atoms with van der Waals surface area (Å²) in [5.41, 5.74) is 5.00. The Morgan fingerprint density at radius 1 is 1.04 bits per heavy atom. The van der Waals surface area contributed by atoms with Crippen molar-refractivity contribution < 1.29 is 0 Å². The number of hydrogen-bond donors (Lipinski definition) is 2. The Hall–Kier alpha value is -3.72. The third kappa shape index (κ3) is 2.66. The summed E-state index contributed by atoms with van der Waals surface area (Å²) in [5, 5.41) is 12.1. The van der Waals surface area contributed by atoms with Crippen molar-refractivity contribution >= 4 is 22.7 Å². The van der Waals surface area contributed by atoms with Crippen LogP contribution in [-0.2, 0) is 0 Å². The lowest BCUT2D eigenvalue weighted by Gasteiger charge is -2.07. The zero-order valence-corrected chi connectivity index (χ0v) is 12.6. The molecule has 24 heavy (non-hydrogen) atoms. The molecule has 0 aliphatic carbocycles. The van der Waals surface area contributed by atoms with Crippen LogP contribution in [0.2, 0.25) is 0 Å². The van der Waals surface area contributed by atoms with Gasteiger partial charge in [0.25, 0.3) is 0 Å². The Kier molecular flexibility index (Phi) is 3.37. The molecular weight excluding hydrogens is 300 g/mol. The van der Waals surface area contributed by atoms with E-state index in [-0.39, 0.29) is 0 Å². The highest BCUT2D eigenvalue weighted by Crippen LogP contribution is 2.22. The number of imidazole rings is 1. The molecule has 2 aromatic carbocycles. The minimum absolute atomic E-state index is 0.477. The van der Waals surface area contributed by atoms with Crippen LogP contribution >= 0.6 is 0 Å². The number of anilines is 2. The highest BCUT2D eigenvalue weighted by atomic mass is 15.1. The van der Waals surface area contributed by atoms with Gasteiger partial charge in [-0.1, -0.05) is 12.1 Å². The van der Waals surface area contributed by atoms with E-state index in [0.29, 0.717) is 11.5 Å². The second-order valence-corrected chi connectivity index (χ2v) is 5.22. The molecule has 0 saturated heterocycles. The van der Waals surface area contributed by atoms with Crippen LogP contribution < -0.4 is 5.32 Å². The zero-order chi connectivity index (χ0) is 16.4. The number of fused-ring (bicyclic) bond motifs is 1. The summed E-state index contributed by atoms with van der Waals surface area (Å²) in [6.45, 7) is 0. The van der Waals surface area contributed by atoms with E-state index in [0.717, 1.165) is 28.0 Å². The second kappa shape index (κ2) is 5.82. The minimum atomic E-state index is 0.477. The largest absolute Gasteiger partial charge is 0.345 e. The van der Waals surface area contributed by atoms with Crippen LogP contribution in [0, 0.1) is 11.3 Å². The van der Waals surface area contributed by atoms with E-state index in [4.69, 9.17) is 5.26 Å². The van der Waals surface area contributed by atoms with Crippen LogP contribution in [0.3, 0.4) is 0 Å². The Labute approximate surface area is 137 Å². The molecule has 2 N–H and O–H groups in total. The summed E-state index contributed by atoms with van der Waals surface area (Å²) in [5.74, 6) is 0.477. The molecule has 0 atom stereocenters. The SMILES string of the molecule is N#Cc1cccc(Nc2nccc(-c3ccc4[nH]cnc4c3)n2)c1.